The molecule has 0 bridgehead atoms. The van der Waals surface area contributed by atoms with Gasteiger partial charge in [0.15, 0.2) is 0 Å². The average molecular weight is 397 g/mol. The summed E-state index contributed by atoms with van der Waals surface area (Å²) in [4.78, 5) is 30.8. The van der Waals surface area contributed by atoms with Crippen molar-refractivity contribution < 1.29 is 19.1 Å². The minimum absolute atomic E-state index is 0.0433. The normalized spacial score (nSPS) is 23.2. The van der Waals surface area contributed by atoms with Gasteiger partial charge in [-0.2, -0.15) is 0 Å². The number of carbonyl (C=O) groups excluding carboxylic acids is 2. The maximum absolute atomic E-state index is 13.9. The van der Waals surface area contributed by atoms with E-state index in [0.29, 0.717) is 25.2 Å². The Balaban J connectivity index is 1.61. The van der Waals surface area contributed by atoms with Gasteiger partial charge in [0.25, 0.3) is 5.91 Å². The Kier molecular flexibility index (Phi) is 4.90. The number of phenolic OH excluding ortho intramolecular Hbond substituents is 1. The fourth-order valence-corrected chi connectivity index (χ4v) is 4.57. The van der Waals surface area contributed by atoms with Crippen molar-refractivity contribution in [2.24, 2.45) is 11.8 Å². The van der Waals surface area contributed by atoms with E-state index in [1.165, 1.54) is 29.2 Å². The molecule has 29 heavy (non-hydrogen) atoms. The maximum Gasteiger partial charge on any atom is 0.320 e. The number of urea groups is 1. The molecule has 2 aromatic carbocycles. The Morgan fingerprint density at radius 3 is 2.45 bits per heavy atom. The lowest BCUT2D eigenvalue weighted by Gasteiger charge is -2.32. The molecule has 0 unspecified atom stereocenters. The number of phenols is 1. The molecule has 4 rings (SSSR count). The lowest BCUT2D eigenvalue weighted by molar-refractivity contribution is 0.0766. The summed E-state index contributed by atoms with van der Waals surface area (Å²) in [6.07, 6.45) is 0. The molecule has 2 heterocycles. The number of aromatic hydroxyl groups is 1. The summed E-state index contributed by atoms with van der Waals surface area (Å²) in [6, 6.07) is 12.2. The summed E-state index contributed by atoms with van der Waals surface area (Å²) in [5.41, 5.74) is 1.28. The zero-order valence-electron chi connectivity index (χ0n) is 16.5. The van der Waals surface area contributed by atoms with Gasteiger partial charge >= 0.3 is 6.03 Å². The first kappa shape index (κ1) is 19.2. The number of halogens is 1. The van der Waals surface area contributed by atoms with Gasteiger partial charge in [-0.15, -0.1) is 0 Å². The Labute approximate surface area is 169 Å². The molecule has 0 spiro atoms. The molecule has 0 aromatic heterocycles. The monoisotopic (exact) mass is 397 g/mol. The Morgan fingerprint density at radius 2 is 1.79 bits per heavy atom. The molecule has 2 aliphatic heterocycles. The number of carbonyl (C=O) groups is 2. The SMILES string of the molecule is CN(C)C(=O)N1C[C@H]2CN(C(=O)c3ccc(O)cc3)C[C@H]2[C@H]1c1cccc(F)c1. The number of fused-ring (bicyclic) bond motifs is 1. The summed E-state index contributed by atoms with van der Waals surface area (Å²) in [6.45, 7) is 1.58. The third kappa shape index (κ3) is 3.52. The van der Waals surface area contributed by atoms with Gasteiger partial charge in [0.05, 0.1) is 6.04 Å². The topological polar surface area (TPSA) is 64.1 Å². The van der Waals surface area contributed by atoms with Crippen LogP contribution in [0.25, 0.3) is 0 Å². The average Bonchev–Trinajstić information content (AvgIpc) is 3.25. The van der Waals surface area contributed by atoms with Gasteiger partial charge in [0, 0.05) is 51.1 Å². The molecule has 152 valence electrons. The van der Waals surface area contributed by atoms with Gasteiger partial charge in [-0.05, 0) is 42.0 Å². The summed E-state index contributed by atoms with van der Waals surface area (Å²) < 4.78 is 13.9. The molecular weight excluding hydrogens is 373 g/mol. The van der Waals surface area contributed by atoms with Crippen LogP contribution in [-0.4, -0.2) is 65.5 Å². The van der Waals surface area contributed by atoms with Crippen molar-refractivity contribution in [3.8, 4) is 5.75 Å². The minimum atomic E-state index is -0.335. The van der Waals surface area contributed by atoms with Crippen LogP contribution < -0.4 is 0 Å². The summed E-state index contributed by atoms with van der Waals surface area (Å²) in [5.74, 6) is -0.139. The van der Waals surface area contributed by atoms with Crippen LogP contribution in [0.5, 0.6) is 5.75 Å². The van der Waals surface area contributed by atoms with Crippen molar-refractivity contribution in [3.05, 3.63) is 65.5 Å². The van der Waals surface area contributed by atoms with E-state index in [1.807, 2.05) is 6.07 Å². The number of rotatable bonds is 2. The predicted molar refractivity (Wildman–Crippen MR) is 106 cm³/mol. The largest absolute Gasteiger partial charge is 0.508 e. The number of hydrogen-bond acceptors (Lipinski definition) is 3. The molecule has 2 fully saturated rings. The zero-order chi connectivity index (χ0) is 20.7. The van der Waals surface area contributed by atoms with Crippen LogP contribution in [0.4, 0.5) is 9.18 Å². The van der Waals surface area contributed by atoms with Gasteiger partial charge < -0.3 is 19.8 Å². The Hall–Kier alpha value is -3.09. The van der Waals surface area contributed by atoms with Crippen LogP contribution in [0, 0.1) is 17.7 Å². The van der Waals surface area contributed by atoms with E-state index in [0.717, 1.165) is 5.56 Å². The van der Waals surface area contributed by atoms with Crippen LogP contribution in [0.1, 0.15) is 22.0 Å². The van der Waals surface area contributed by atoms with Gasteiger partial charge in [-0.25, -0.2) is 9.18 Å². The van der Waals surface area contributed by atoms with Crippen LogP contribution in [-0.2, 0) is 0 Å². The zero-order valence-corrected chi connectivity index (χ0v) is 16.5. The number of likely N-dealkylation sites (tertiary alicyclic amines) is 2. The molecular formula is C22H24FN3O3. The van der Waals surface area contributed by atoms with E-state index in [-0.39, 0.29) is 41.4 Å². The van der Waals surface area contributed by atoms with E-state index < -0.39 is 0 Å². The van der Waals surface area contributed by atoms with Gasteiger partial charge in [0.1, 0.15) is 11.6 Å². The smallest absolute Gasteiger partial charge is 0.320 e. The highest BCUT2D eigenvalue weighted by atomic mass is 19.1. The quantitative estimate of drug-likeness (QED) is 0.848. The first-order valence-corrected chi connectivity index (χ1v) is 9.67. The van der Waals surface area contributed by atoms with E-state index in [9.17, 15) is 19.1 Å². The van der Waals surface area contributed by atoms with Crippen LogP contribution >= 0.6 is 0 Å². The third-order valence-corrected chi connectivity index (χ3v) is 5.88. The number of amides is 3. The fourth-order valence-electron chi connectivity index (χ4n) is 4.57. The van der Waals surface area contributed by atoms with E-state index in [2.05, 4.69) is 0 Å². The number of hydrogen-bond donors (Lipinski definition) is 1. The molecule has 0 saturated carbocycles. The van der Waals surface area contributed by atoms with Gasteiger partial charge in [-0.1, -0.05) is 12.1 Å². The van der Waals surface area contributed by atoms with Gasteiger partial charge in [-0.3, -0.25) is 4.79 Å². The van der Waals surface area contributed by atoms with Crippen molar-refractivity contribution in [1.82, 2.24) is 14.7 Å². The predicted octanol–water partition coefficient (Wildman–Crippen LogP) is 2.96. The van der Waals surface area contributed by atoms with Crippen LogP contribution in [0.15, 0.2) is 48.5 Å². The highest BCUT2D eigenvalue weighted by molar-refractivity contribution is 5.94. The van der Waals surface area contributed by atoms with Crippen molar-refractivity contribution in [2.75, 3.05) is 33.7 Å². The molecule has 3 amide bonds. The van der Waals surface area contributed by atoms with Crippen molar-refractivity contribution in [2.45, 2.75) is 6.04 Å². The van der Waals surface area contributed by atoms with E-state index in [4.69, 9.17) is 0 Å². The summed E-state index contributed by atoms with van der Waals surface area (Å²) >= 11 is 0. The van der Waals surface area contributed by atoms with Crippen LogP contribution in [0.2, 0.25) is 0 Å². The molecule has 6 nitrogen and oxygen atoms in total. The lowest BCUT2D eigenvalue weighted by atomic mass is 9.89. The molecule has 2 aromatic rings. The molecule has 2 aliphatic rings. The number of nitrogens with zero attached hydrogens (tertiary/aromatic N) is 3. The van der Waals surface area contributed by atoms with Gasteiger partial charge in [0.2, 0.25) is 0 Å². The first-order chi connectivity index (χ1) is 13.8. The maximum atomic E-state index is 13.9. The second-order valence-electron chi connectivity index (χ2n) is 8.01. The Bertz CT molecular complexity index is 931. The second kappa shape index (κ2) is 7.39. The fraction of sp³-hybridized carbons (Fsp3) is 0.364. The van der Waals surface area contributed by atoms with Crippen LogP contribution in [0.3, 0.4) is 0 Å². The first-order valence-electron chi connectivity index (χ1n) is 9.67. The summed E-state index contributed by atoms with van der Waals surface area (Å²) in [5, 5.41) is 9.45. The molecule has 7 heteroatoms. The van der Waals surface area contributed by atoms with E-state index in [1.54, 1.807) is 42.1 Å². The second-order valence-corrected chi connectivity index (χ2v) is 8.01. The minimum Gasteiger partial charge on any atom is -0.508 e. The number of benzene rings is 2. The standard InChI is InChI=1S/C22H24FN3O3/c1-24(2)22(29)26-12-16-11-25(21(28)14-6-8-18(27)9-7-14)13-19(16)20(26)15-4-3-5-17(23)10-15/h3-10,16,19-20,27H,11-13H2,1-2H3/t16-,19-,20-/m1/s1. The molecule has 2 saturated heterocycles. The third-order valence-electron chi connectivity index (χ3n) is 5.88. The summed E-state index contributed by atoms with van der Waals surface area (Å²) in [7, 11) is 3.42. The van der Waals surface area contributed by atoms with Crippen molar-refractivity contribution in [1.29, 1.82) is 0 Å². The molecule has 0 aliphatic carbocycles. The van der Waals surface area contributed by atoms with Crippen molar-refractivity contribution >= 4 is 11.9 Å². The highest BCUT2D eigenvalue weighted by Crippen LogP contribution is 2.45. The lowest BCUT2D eigenvalue weighted by Crippen LogP contribution is -2.42. The highest BCUT2D eigenvalue weighted by Gasteiger charge is 2.50. The Morgan fingerprint density at radius 1 is 1.07 bits per heavy atom. The van der Waals surface area contributed by atoms with E-state index >= 15 is 0 Å². The van der Waals surface area contributed by atoms with Crippen molar-refractivity contribution in [3.63, 3.8) is 0 Å². The molecule has 3 atom stereocenters. The molecule has 1 N–H and O–H groups in total. The molecule has 0 radical (unpaired) electrons.